The van der Waals surface area contributed by atoms with Crippen LogP contribution in [0.25, 0.3) is 10.9 Å². The second kappa shape index (κ2) is 5.08. The molecule has 0 unspecified atom stereocenters. The van der Waals surface area contributed by atoms with E-state index in [0.717, 1.165) is 0 Å². The monoisotopic (exact) mass is 294 g/mol. The third-order valence-electron chi connectivity index (χ3n) is 3.66. The van der Waals surface area contributed by atoms with Gasteiger partial charge in [0.15, 0.2) is 6.23 Å². The molecule has 0 bridgehead atoms. The molecule has 1 fully saturated rings. The van der Waals surface area contributed by atoms with Crippen molar-refractivity contribution in [2.45, 2.75) is 24.5 Å². The van der Waals surface area contributed by atoms with E-state index in [1.165, 1.54) is 12.1 Å². The van der Waals surface area contributed by atoms with Crippen molar-refractivity contribution in [3.8, 4) is 0 Å². The number of fused-ring (bicyclic) bond motifs is 1. The molecule has 0 amide bonds. The van der Waals surface area contributed by atoms with Gasteiger partial charge in [-0.3, -0.25) is 10.1 Å². The first-order valence-electron chi connectivity index (χ1n) is 6.40. The fraction of sp³-hybridized carbons (Fsp3) is 0.385. The van der Waals surface area contributed by atoms with Crippen LogP contribution in [-0.4, -0.2) is 49.7 Å². The lowest BCUT2D eigenvalue weighted by molar-refractivity contribution is -0.384. The highest BCUT2D eigenvalue weighted by molar-refractivity contribution is 5.82. The Hall–Kier alpha value is -2.00. The summed E-state index contributed by atoms with van der Waals surface area (Å²) in [5, 5.41) is 40.6. The highest BCUT2D eigenvalue weighted by Crippen LogP contribution is 2.30. The number of non-ortho nitro benzene ring substituents is 1. The predicted molar refractivity (Wildman–Crippen MR) is 71.6 cm³/mol. The van der Waals surface area contributed by atoms with E-state index in [0.29, 0.717) is 10.9 Å². The van der Waals surface area contributed by atoms with Gasteiger partial charge in [0.2, 0.25) is 0 Å². The van der Waals surface area contributed by atoms with Gasteiger partial charge in [-0.2, -0.15) is 0 Å². The zero-order chi connectivity index (χ0) is 15.1. The Bertz CT molecular complexity index is 684. The van der Waals surface area contributed by atoms with Crippen LogP contribution in [0.2, 0.25) is 0 Å². The Kier molecular flexibility index (Phi) is 3.38. The summed E-state index contributed by atoms with van der Waals surface area (Å²) in [5.74, 6) is 0. The summed E-state index contributed by atoms with van der Waals surface area (Å²) in [6.07, 6.45) is -2.98. The Balaban J connectivity index is 1.99. The maximum atomic E-state index is 10.8. The molecule has 0 radical (unpaired) electrons. The summed E-state index contributed by atoms with van der Waals surface area (Å²) >= 11 is 0. The average molecular weight is 294 g/mol. The van der Waals surface area contributed by atoms with E-state index < -0.39 is 29.5 Å². The molecule has 0 aliphatic carbocycles. The summed E-state index contributed by atoms with van der Waals surface area (Å²) in [6.45, 7) is -0.102. The molecule has 3 rings (SSSR count). The SMILES string of the molecule is O=[N+]([O-])c1ccc2c(ccn2[C@H]2OC[C@@H](O)[C@@H](O)[C@H]2O)c1. The summed E-state index contributed by atoms with van der Waals surface area (Å²) < 4.78 is 6.95. The number of hydrogen-bond donors (Lipinski definition) is 3. The molecule has 1 saturated heterocycles. The summed E-state index contributed by atoms with van der Waals surface area (Å²) in [5.41, 5.74) is 0.606. The average Bonchev–Trinajstić information content (AvgIpc) is 2.88. The van der Waals surface area contributed by atoms with Gasteiger partial charge in [-0.25, -0.2) is 0 Å². The summed E-state index contributed by atoms with van der Waals surface area (Å²) in [7, 11) is 0. The maximum Gasteiger partial charge on any atom is 0.270 e. The minimum absolute atomic E-state index is 0.0270. The first-order valence-corrected chi connectivity index (χ1v) is 6.40. The molecule has 2 heterocycles. The molecule has 1 aliphatic heterocycles. The van der Waals surface area contributed by atoms with Crippen molar-refractivity contribution < 1.29 is 25.0 Å². The van der Waals surface area contributed by atoms with Crippen LogP contribution >= 0.6 is 0 Å². The van der Waals surface area contributed by atoms with Gasteiger partial charge in [0.25, 0.3) is 5.69 Å². The van der Waals surface area contributed by atoms with Gasteiger partial charge in [-0.15, -0.1) is 0 Å². The van der Waals surface area contributed by atoms with Crippen molar-refractivity contribution in [3.05, 3.63) is 40.6 Å². The number of benzene rings is 1. The first-order chi connectivity index (χ1) is 9.99. The minimum Gasteiger partial charge on any atom is -0.388 e. The number of nitrogens with zero attached hydrogens (tertiary/aromatic N) is 2. The molecular formula is C13H14N2O6. The lowest BCUT2D eigenvalue weighted by Gasteiger charge is -2.36. The van der Waals surface area contributed by atoms with Crippen molar-refractivity contribution in [3.63, 3.8) is 0 Å². The maximum absolute atomic E-state index is 10.8. The molecular weight excluding hydrogens is 280 g/mol. The van der Waals surface area contributed by atoms with E-state index in [-0.39, 0.29) is 12.3 Å². The second-order valence-electron chi connectivity index (χ2n) is 5.00. The Morgan fingerprint density at radius 2 is 2.00 bits per heavy atom. The molecule has 8 heteroatoms. The number of aliphatic hydroxyl groups excluding tert-OH is 3. The van der Waals surface area contributed by atoms with Crippen molar-refractivity contribution in [1.82, 2.24) is 4.57 Å². The number of ether oxygens (including phenoxy) is 1. The first kappa shape index (κ1) is 14.0. The van der Waals surface area contributed by atoms with E-state index in [1.807, 2.05) is 0 Å². The van der Waals surface area contributed by atoms with Gasteiger partial charge in [0, 0.05) is 23.7 Å². The second-order valence-corrected chi connectivity index (χ2v) is 5.00. The molecule has 21 heavy (non-hydrogen) atoms. The highest BCUT2D eigenvalue weighted by atomic mass is 16.6. The minimum atomic E-state index is -1.31. The van der Waals surface area contributed by atoms with Gasteiger partial charge in [-0.05, 0) is 12.1 Å². The number of rotatable bonds is 2. The molecule has 0 spiro atoms. The Morgan fingerprint density at radius 1 is 1.24 bits per heavy atom. The molecule has 1 aliphatic rings. The standard InChI is InChI=1S/C13H14N2O6/c16-10-6-21-13(12(18)11(10)17)14-4-3-7-5-8(15(19)20)1-2-9(7)14/h1-5,10-13,16-18H,6H2/t10-,11-,12-,13+/m1/s1. The third-order valence-corrected chi connectivity index (χ3v) is 3.66. The van der Waals surface area contributed by atoms with Crippen LogP contribution in [0.4, 0.5) is 5.69 Å². The zero-order valence-electron chi connectivity index (χ0n) is 10.9. The van der Waals surface area contributed by atoms with E-state index in [9.17, 15) is 25.4 Å². The molecule has 0 saturated carbocycles. The van der Waals surface area contributed by atoms with Gasteiger partial charge >= 0.3 is 0 Å². The van der Waals surface area contributed by atoms with Crippen molar-refractivity contribution >= 4 is 16.6 Å². The van der Waals surface area contributed by atoms with Crippen LogP contribution < -0.4 is 0 Å². The zero-order valence-corrected chi connectivity index (χ0v) is 10.9. The largest absolute Gasteiger partial charge is 0.388 e. The molecule has 2 aromatic rings. The Morgan fingerprint density at radius 3 is 2.71 bits per heavy atom. The normalized spacial score (nSPS) is 29.7. The predicted octanol–water partition coefficient (Wildman–Crippen LogP) is 0.161. The van der Waals surface area contributed by atoms with Crippen molar-refractivity contribution in [2.24, 2.45) is 0 Å². The van der Waals surface area contributed by atoms with Gasteiger partial charge < -0.3 is 24.6 Å². The number of nitro benzene ring substituents is 1. The lowest BCUT2D eigenvalue weighted by atomic mass is 10.0. The van der Waals surface area contributed by atoms with E-state index in [2.05, 4.69) is 0 Å². The van der Waals surface area contributed by atoms with Gasteiger partial charge in [0.05, 0.1) is 17.0 Å². The van der Waals surface area contributed by atoms with Crippen LogP contribution in [0, 0.1) is 10.1 Å². The Labute approximate surface area is 119 Å². The van der Waals surface area contributed by atoms with E-state index in [4.69, 9.17) is 4.74 Å². The summed E-state index contributed by atoms with van der Waals surface area (Å²) in [6, 6.07) is 6.00. The number of aliphatic hydroxyl groups is 3. The number of hydrogen-bond acceptors (Lipinski definition) is 6. The fourth-order valence-corrected chi connectivity index (χ4v) is 2.52. The molecule has 1 aromatic carbocycles. The molecule has 4 atom stereocenters. The topological polar surface area (TPSA) is 118 Å². The van der Waals surface area contributed by atoms with Crippen LogP contribution in [0.15, 0.2) is 30.5 Å². The summed E-state index contributed by atoms with van der Waals surface area (Å²) in [4.78, 5) is 10.3. The molecule has 3 N–H and O–H groups in total. The van der Waals surface area contributed by atoms with Crippen LogP contribution in [-0.2, 0) is 4.74 Å². The van der Waals surface area contributed by atoms with Crippen LogP contribution in [0.3, 0.4) is 0 Å². The van der Waals surface area contributed by atoms with Crippen LogP contribution in [0.1, 0.15) is 6.23 Å². The smallest absolute Gasteiger partial charge is 0.270 e. The van der Waals surface area contributed by atoms with Crippen molar-refractivity contribution in [1.29, 1.82) is 0 Å². The van der Waals surface area contributed by atoms with E-state index in [1.54, 1.807) is 22.9 Å². The lowest BCUT2D eigenvalue weighted by Crippen LogP contribution is -2.50. The fourth-order valence-electron chi connectivity index (χ4n) is 2.52. The third kappa shape index (κ3) is 2.28. The molecule has 1 aromatic heterocycles. The van der Waals surface area contributed by atoms with Gasteiger partial charge in [-0.1, -0.05) is 0 Å². The highest BCUT2D eigenvalue weighted by Gasteiger charge is 2.38. The van der Waals surface area contributed by atoms with Gasteiger partial charge in [0.1, 0.15) is 18.3 Å². The van der Waals surface area contributed by atoms with Crippen LogP contribution in [0.5, 0.6) is 0 Å². The van der Waals surface area contributed by atoms with Crippen molar-refractivity contribution in [2.75, 3.05) is 6.61 Å². The number of aromatic nitrogens is 1. The quantitative estimate of drug-likeness (QED) is 0.536. The number of nitro groups is 1. The molecule has 112 valence electrons. The molecule has 8 nitrogen and oxygen atoms in total. The van der Waals surface area contributed by atoms with E-state index >= 15 is 0 Å².